The molecular weight excluding hydrogens is 648 g/mol. The molecule has 7 aromatic rings. The van der Waals surface area contributed by atoms with Gasteiger partial charge in [0.25, 0.3) is 0 Å². The Labute approximate surface area is 261 Å². The average Bonchev–Trinajstić information content (AvgIpc) is 3.62. The van der Waals surface area contributed by atoms with E-state index in [2.05, 4.69) is 9.98 Å². The molecule has 0 aliphatic heterocycles. The smallest absolute Gasteiger partial charge is 0.206 e. The lowest BCUT2D eigenvalue weighted by atomic mass is 9.99. The molecule has 13 heteroatoms. The second kappa shape index (κ2) is 10.4. The summed E-state index contributed by atoms with van der Waals surface area (Å²) in [6.07, 6.45) is -6.17. The van der Waals surface area contributed by atoms with Gasteiger partial charge in [0, 0.05) is 21.5 Å². The first-order valence-corrected chi connectivity index (χ1v) is 14.3. The van der Waals surface area contributed by atoms with Gasteiger partial charge in [-0.15, -0.1) is 11.3 Å². The van der Waals surface area contributed by atoms with E-state index < -0.39 is 35.1 Å². The van der Waals surface area contributed by atoms with Gasteiger partial charge < -0.3 is 0 Å². The first-order chi connectivity index (χ1) is 22.3. The molecule has 0 saturated carbocycles. The molecule has 1 aromatic heterocycles. The number of hydrogen-bond acceptors (Lipinski definition) is 5. The molecule has 1 heterocycles. The molecule has 6 aromatic carbocycles. The summed E-state index contributed by atoms with van der Waals surface area (Å²) in [6, 6.07) is 15.0. The van der Waals surface area contributed by atoms with Crippen LogP contribution in [0.5, 0.6) is 0 Å². The van der Waals surface area contributed by atoms with Crippen LogP contribution in [-0.2, 0) is 12.4 Å². The van der Waals surface area contributed by atoms with Gasteiger partial charge in [0.15, 0.2) is 0 Å². The zero-order valence-corrected chi connectivity index (χ0v) is 24.0. The molecule has 0 aliphatic carbocycles. The van der Waals surface area contributed by atoms with Crippen molar-refractivity contribution < 1.29 is 35.1 Å². The van der Waals surface area contributed by atoms with Crippen molar-refractivity contribution in [3.63, 3.8) is 0 Å². The third-order valence-corrected chi connectivity index (χ3v) is 9.17. The van der Waals surface area contributed by atoms with Crippen molar-refractivity contribution in [3.05, 3.63) is 106 Å². The number of alkyl halides is 6. The molecule has 230 valence electrons. The zero-order valence-electron chi connectivity index (χ0n) is 23.1. The van der Waals surface area contributed by atoms with Gasteiger partial charge in [-0.3, -0.25) is 0 Å². The highest BCUT2D eigenvalue weighted by Crippen LogP contribution is 2.43. The molecule has 0 saturated heterocycles. The van der Waals surface area contributed by atoms with Crippen LogP contribution >= 0.6 is 11.3 Å². The molecule has 0 atom stereocenters. The highest BCUT2D eigenvalue weighted by Gasteiger charge is 2.35. The molecule has 0 radical (unpaired) electrons. The van der Waals surface area contributed by atoms with Crippen LogP contribution in [-0.4, -0.2) is 0 Å². The van der Waals surface area contributed by atoms with Crippen molar-refractivity contribution in [2.45, 2.75) is 12.4 Å². The van der Waals surface area contributed by atoms with Gasteiger partial charge in [0.2, 0.25) is 12.4 Å². The van der Waals surface area contributed by atoms with Crippen molar-refractivity contribution in [2.75, 3.05) is 0 Å². The Kier molecular flexibility index (Phi) is 6.67. The van der Waals surface area contributed by atoms with Crippen LogP contribution in [0.15, 0.2) is 82.8 Å². The van der Waals surface area contributed by atoms with Crippen LogP contribution in [0.2, 0.25) is 0 Å². The highest BCUT2D eigenvalue weighted by atomic mass is 32.1. The van der Waals surface area contributed by atoms with Crippen molar-refractivity contribution in [2.24, 2.45) is 9.98 Å². The summed E-state index contributed by atoms with van der Waals surface area (Å²) in [6.45, 7) is 0. The molecule has 4 nitrogen and oxygen atoms in total. The topological polar surface area (TPSA) is 72.3 Å². The number of rotatable bonds is 2. The van der Waals surface area contributed by atoms with Gasteiger partial charge in [0.05, 0.1) is 20.5 Å². The van der Waals surface area contributed by atoms with Gasteiger partial charge in [0.1, 0.15) is 22.3 Å². The van der Waals surface area contributed by atoms with E-state index in [1.807, 2.05) is 0 Å². The fourth-order valence-corrected chi connectivity index (χ4v) is 7.31. The summed E-state index contributed by atoms with van der Waals surface area (Å²) in [5, 5.41) is 23.2. The highest BCUT2D eigenvalue weighted by molar-refractivity contribution is 7.26. The van der Waals surface area contributed by atoms with Crippen LogP contribution in [0.3, 0.4) is 0 Å². The lowest BCUT2D eigenvalue weighted by molar-refractivity contribution is -0.140. The summed E-state index contributed by atoms with van der Waals surface area (Å²) in [7, 11) is 0. The maximum atomic E-state index is 14.4. The number of halogens is 8. The van der Waals surface area contributed by atoms with Crippen LogP contribution in [0.4, 0.5) is 35.1 Å². The van der Waals surface area contributed by atoms with Crippen LogP contribution in [0, 0.1) is 34.5 Å². The Bertz CT molecular complexity index is 2480. The summed E-state index contributed by atoms with van der Waals surface area (Å²) in [5.41, 5.74) is -1.67. The Morgan fingerprint density at radius 3 is 1.21 bits per heavy atom. The first-order valence-electron chi connectivity index (χ1n) is 13.5. The van der Waals surface area contributed by atoms with Crippen molar-refractivity contribution in [1.29, 1.82) is 10.5 Å². The fourth-order valence-electron chi connectivity index (χ4n) is 5.97. The standard InChI is InChI=1S/C34H12F8N4S/c35-25-11-17(3-7-23(25)33(37,38)39)15-1-5-19-21(9-15)29(45-13-43)31-27(19)28-20-6-2-16(10-22(20)30(46-14-44)32(28)47-31)18-4-8-24(26(36)12-18)34(40,41)42/h1-12H. The van der Waals surface area contributed by atoms with Crippen molar-refractivity contribution in [1.82, 2.24) is 0 Å². The monoisotopic (exact) mass is 660 g/mol. The van der Waals surface area contributed by atoms with Crippen molar-refractivity contribution in [3.8, 4) is 34.6 Å². The largest absolute Gasteiger partial charge is 0.419 e. The van der Waals surface area contributed by atoms with Crippen molar-refractivity contribution >= 4 is 53.1 Å². The Hall–Kier alpha value is -5.66. The minimum absolute atomic E-state index is 0.177. The lowest BCUT2D eigenvalue weighted by Crippen LogP contribution is -2.07. The maximum Gasteiger partial charge on any atom is 0.419 e. The maximum absolute atomic E-state index is 14.4. The fraction of sp³-hybridized carbons (Fsp3) is 0.0588. The second-order valence-electron chi connectivity index (χ2n) is 10.5. The molecule has 0 spiro atoms. The predicted octanol–water partition coefficient (Wildman–Crippen LogP) is 9.65. The molecular formula is C34H12F8N4S. The van der Waals surface area contributed by atoms with Gasteiger partial charge in [-0.1, -0.05) is 36.4 Å². The van der Waals surface area contributed by atoms with Crippen LogP contribution < -0.4 is 10.7 Å². The number of nitrogens with zero attached hydrogens (tertiary/aromatic N) is 4. The zero-order chi connectivity index (χ0) is 33.4. The summed E-state index contributed by atoms with van der Waals surface area (Å²) in [5.74, 6) is -2.87. The van der Waals surface area contributed by atoms with E-state index in [1.165, 1.54) is 11.3 Å². The molecule has 0 amide bonds. The van der Waals surface area contributed by atoms with Gasteiger partial charge >= 0.3 is 12.4 Å². The van der Waals surface area contributed by atoms with Gasteiger partial charge in [-0.2, -0.15) is 46.9 Å². The molecule has 47 heavy (non-hydrogen) atoms. The third kappa shape index (κ3) is 4.70. The Balaban J connectivity index is 1.47. The average molecular weight is 661 g/mol. The van der Waals surface area contributed by atoms with E-state index in [0.717, 1.165) is 24.3 Å². The summed E-state index contributed by atoms with van der Waals surface area (Å²) in [4.78, 5) is 8.04. The summed E-state index contributed by atoms with van der Waals surface area (Å²) >= 11 is 1.20. The normalized spacial score (nSPS) is 13.3. The number of benzene rings is 4. The minimum atomic E-state index is -4.86. The summed E-state index contributed by atoms with van der Waals surface area (Å²) < 4.78 is 109. The number of nitriles is 2. The molecule has 0 aliphatic rings. The predicted molar refractivity (Wildman–Crippen MR) is 160 cm³/mol. The van der Waals surface area contributed by atoms with Crippen LogP contribution in [0.25, 0.3) is 64.0 Å². The molecule has 0 N–H and O–H groups in total. The Morgan fingerprint density at radius 2 is 0.872 bits per heavy atom. The number of hydrogen-bond donors (Lipinski definition) is 0. The van der Waals surface area contributed by atoms with E-state index >= 15 is 0 Å². The number of fused-ring (bicyclic) bond motifs is 7. The molecule has 0 bridgehead atoms. The molecule has 0 unspecified atom stereocenters. The van der Waals surface area contributed by atoms with E-state index in [-0.39, 0.29) is 21.8 Å². The van der Waals surface area contributed by atoms with E-state index in [1.54, 1.807) is 48.8 Å². The van der Waals surface area contributed by atoms with E-state index in [4.69, 9.17) is 0 Å². The third-order valence-electron chi connectivity index (χ3n) is 7.97. The van der Waals surface area contributed by atoms with Gasteiger partial charge in [-0.25, -0.2) is 8.78 Å². The van der Waals surface area contributed by atoms with E-state index in [0.29, 0.717) is 65.0 Å². The van der Waals surface area contributed by atoms with Crippen LogP contribution in [0.1, 0.15) is 11.1 Å². The SMILES string of the molecule is N#CN=c1c2cc(-c3ccc(C(F)(F)F)c(F)c3)ccc2c2c1sc1c(=NC#N)c3cc(-c4ccc(C(F)(F)F)c(F)c4)ccc3c12. The van der Waals surface area contributed by atoms with Gasteiger partial charge in [-0.05, 0) is 69.4 Å². The second-order valence-corrected chi connectivity index (χ2v) is 11.6. The Morgan fingerprint density at radius 1 is 0.511 bits per heavy atom. The van der Waals surface area contributed by atoms with E-state index in [9.17, 15) is 45.6 Å². The molecule has 0 fully saturated rings. The lowest BCUT2D eigenvalue weighted by Gasteiger charge is -2.10. The first kappa shape index (κ1) is 30.0. The quantitative estimate of drug-likeness (QED) is 0.137. The minimum Gasteiger partial charge on any atom is -0.206 e. The number of thiophene rings is 1. The molecule has 7 rings (SSSR count).